The monoisotopic (exact) mass is 272 g/mol. The Morgan fingerprint density at radius 3 is 2.63 bits per heavy atom. The Hall–Kier alpha value is -2.05. The maximum Gasteiger partial charge on any atom is 0.471 e. The molecule has 0 aromatic heterocycles. The fraction of sp³-hybridized carbons (Fsp3) is 0.333. The summed E-state index contributed by atoms with van der Waals surface area (Å²) in [4.78, 5) is 23.7. The summed E-state index contributed by atoms with van der Waals surface area (Å²) in [7, 11) is 1.61. The number of carbonyl (C=O) groups excluding carboxylic acids is 2. The predicted octanol–water partition coefficient (Wildman–Crippen LogP) is 2.10. The zero-order valence-corrected chi connectivity index (χ0v) is 10.0. The van der Waals surface area contributed by atoms with Gasteiger partial charge in [-0.1, -0.05) is 0 Å². The van der Waals surface area contributed by atoms with Crippen molar-refractivity contribution in [2.75, 3.05) is 17.3 Å². The number of rotatable bonds is 1. The molecule has 1 heterocycles. The maximum absolute atomic E-state index is 12.1. The molecule has 0 saturated heterocycles. The summed E-state index contributed by atoms with van der Waals surface area (Å²) in [5.74, 6) is -2.05. The lowest BCUT2D eigenvalue weighted by Gasteiger charge is -2.26. The van der Waals surface area contributed by atoms with E-state index in [9.17, 15) is 22.8 Å². The number of carbonyl (C=O) groups is 2. The zero-order chi connectivity index (χ0) is 14.2. The van der Waals surface area contributed by atoms with E-state index in [4.69, 9.17) is 0 Å². The summed E-state index contributed by atoms with van der Waals surface area (Å²) >= 11 is 0. The molecule has 1 aromatic carbocycles. The van der Waals surface area contributed by atoms with E-state index in [0.29, 0.717) is 18.5 Å². The van der Waals surface area contributed by atoms with Crippen molar-refractivity contribution in [2.45, 2.75) is 19.0 Å². The lowest BCUT2D eigenvalue weighted by atomic mass is 10.0. The van der Waals surface area contributed by atoms with Gasteiger partial charge in [0.25, 0.3) is 0 Å². The molecule has 0 unspecified atom stereocenters. The summed E-state index contributed by atoms with van der Waals surface area (Å²) in [6.45, 7) is 0. The first-order chi connectivity index (χ1) is 8.79. The van der Waals surface area contributed by atoms with Gasteiger partial charge < -0.3 is 10.2 Å². The minimum absolute atomic E-state index is 0.0421. The highest BCUT2D eigenvalue weighted by atomic mass is 19.4. The molecule has 7 heteroatoms. The van der Waals surface area contributed by atoms with Crippen LogP contribution in [0.3, 0.4) is 0 Å². The molecule has 19 heavy (non-hydrogen) atoms. The van der Waals surface area contributed by atoms with Crippen LogP contribution in [0.25, 0.3) is 0 Å². The second kappa shape index (κ2) is 4.56. The van der Waals surface area contributed by atoms with Crippen LogP contribution in [0.1, 0.15) is 12.0 Å². The van der Waals surface area contributed by atoms with Gasteiger partial charge in [0.05, 0.1) is 0 Å². The molecule has 4 nitrogen and oxygen atoms in total. The first-order valence-corrected chi connectivity index (χ1v) is 5.56. The molecule has 0 radical (unpaired) electrons. The third-order valence-corrected chi connectivity index (χ3v) is 2.94. The number of aryl methyl sites for hydroxylation is 1. The van der Waals surface area contributed by atoms with Crippen LogP contribution in [0, 0.1) is 0 Å². The third kappa shape index (κ3) is 2.69. The van der Waals surface area contributed by atoms with Crippen molar-refractivity contribution in [3.8, 4) is 0 Å². The molecular formula is C12H11F3N2O2. The van der Waals surface area contributed by atoms with Gasteiger partial charge in [0.2, 0.25) is 5.91 Å². The molecule has 1 aliphatic heterocycles. The molecule has 102 valence electrons. The Bertz CT molecular complexity index is 540. The molecule has 1 aliphatic rings. The first-order valence-electron chi connectivity index (χ1n) is 5.56. The van der Waals surface area contributed by atoms with Crippen LogP contribution in [-0.4, -0.2) is 25.0 Å². The second-order valence-electron chi connectivity index (χ2n) is 4.25. The molecule has 0 fully saturated rings. The number of benzene rings is 1. The van der Waals surface area contributed by atoms with E-state index in [1.807, 2.05) is 0 Å². The lowest BCUT2D eigenvalue weighted by Crippen LogP contribution is -2.32. The second-order valence-corrected chi connectivity index (χ2v) is 4.25. The highest BCUT2D eigenvalue weighted by Gasteiger charge is 2.38. The van der Waals surface area contributed by atoms with Crippen LogP contribution in [0.4, 0.5) is 24.5 Å². The van der Waals surface area contributed by atoms with Crippen LogP contribution in [0.2, 0.25) is 0 Å². The van der Waals surface area contributed by atoms with Crippen LogP contribution < -0.4 is 10.2 Å². The van der Waals surface area contributed by atoms with Gasteiger partial charge in [-0.05, 0) is 30.2 Å². The fourth-order valence-electron chi connectivity index (χ4n) is 1.94. The smallest absolute Gasteiger partial charge is 0.318 e. The predicted molar refractivity (Wildman–Crippen MR) is 62.9 cm³/mol. The number of alkyl halides is 3. The Balaban J connectivity index is 2.23. The average molecular weight is 272 g/mol. The number of nitrogens with zero attached hydrogens (tertiary/aromatic N) is 1. The maximum atomic E-state index is 12.1. The molecule has 0 aliphatic carbocycles. The van der Waals surface area contributed by atoms with Gasteiger partial charge in [-0.15, -0.1) is 0 Å². The van der Waals surface area contributed by atoms with Gasteiger partial charge in [-0.3, -0.25) is 9.59 Å². The van der Waals surface area contributed by atoms with Crippen LogP contribution in [0.15, 0.2) is 18.2 Å². The van der Waals surface area contributed by atoms with Crippen molar-refractivity contribution in [1.29, 1.82) is 0 Å². The molecule has 0 bridgehead atoms. The molecule has 0 saturated carbocycles. The molecule has 2 amide bonds. The number of halogens is 3. The topological polar surface area (TPSA) is 49.4 Å². The van der Waals surface area contributed by atoms with E-state index in [1.54, 1.807) is 12.4 Å². The number of hydrogen-bond donors (Lipinski definition) is 1. The standard InChI is InChI=1S/C12H11F3N2O2/c1-17-9-4-3-8(16-11(19)12(13,14)15)6-7(9)2-5-10(17)18/h3-4,6H,2,5H2,1H3,(H,16,19). The minimum atomic E-state index is -4.91. The Morgan fingerprint density at radius 1 is 1.32 bits per heavy atom. The largest absolute Gasteiger partial charge is 0.471 e. The summed E-state index contributed by atoms with van der Waals surface area (Å²) in [5.41, 5.74) is 1.46. The number of fused-ring (bicyclic) bond motifs is 1. The molecule has 1 N–H and O–H groups in total. The third-order valence-electron chi connectivity index (χ3n) is 2.94. The number of hydrogen-bond acceptors (Lipinski definition) is 2. The number of amides is 2. The molecule has 0 spiro atoms. The van der Waals surface area contributed by atoms with Gasteiger partial charge in [-0.2, -0.15) is 13.2 Å². The Morgan fingerprint density at radius 2 is 2.00 bits per heavy atom. The normalized spacial score (nSPS) is 15.2. The van der Waals surface area contributed by atoms with E-state index >= 15 is 0 Å². The van der Waals surface area contributed by atoms with E-state index in [0.717, 1.165) is 5.56 Å². The van der Waals surface area contributed by atoms with Crippen molar-refractivity contribution in [2.24, 2.45) is 0 Å². The summed E-state index contributed by atoms with van der Waals surface area (Å²) < 4.78 is 36.4. The quantitative estimate of drug-likeness (QED) is 0.851. The van der Waals surface area contributed by atoms with Gasteiger partial charge in [0.1, 0.15) is 0 Å². The molecular weight excluding hydrogens is 261 g/mol. The summed E-state index contributed by atoms with van der Waals surface area (Å²) in [5, 5.41) is 1.79. The van der Waals surface area contributed by atoms with Gasteiger partial charge in [0.15, 0.2) is 0 Å². The fourth-order valence-corrected chi connectivity index (χ4v) is 1.94. The van der Waals surface area contributed by atoms with E-state index in [2.05, 4.69) is 0 Å². The van der Waals surface area contributed by atoms with Crippen molar-refractivity contribution < 1.29 is 22.8 Å². The Labute approximate surface area is 107 Å². The SMILES string of the molecule is CN1C(=O)CCc2cc(NC(=O)C(F)(F)F)ccc21. The van der Waals surface area contributed by atoms with Gasteiger partial charge >= 0.3 is 12.1 Å². The minimum Gasteiger partial charge on any atom is -0.318 e. The number of anilines is 2. The van der Waals surface area contributed by atoms with Crippen LogP contribution >= 0.6 is 0 Å². The van der Waals surface area contributed by atoms with Crippen LogP contribution in [-0.2, 0) is 16.0 Å². The molecule has 1 aromatic rings. The highest BCUT2D eigenvalue weighted by molar-refractivity contribution is 5.98. The zero-order valence-electron chi connectivity index (χ0n) is 10.0. The van der Waals surface area contributed by atoms with Crippen molar-refractivity contribution in [1.82, 2.24) is 0 Å². The summed E-state index contributed by atoms with van der Waals surface area (Å²) in [6, 6.07) is 4.33. The lowest BCUT2D eigenvalue weighted by molar-refractivity contribution is -0.167. The molecule has 0 atom stereocenters. The highest BCUT2D eigenvalue weighted by Crippen LogP contribution is 2.29. The molecule has 2 rings (SSSR count). The first kappa shape index (κ1) is 13.4. The van der Waals surface area contributed by atoms with E-state index < -0.39 is 12.1 Å². The van der Waals surface area contributed by atoms with Gasteiger partial charge in [-0.25, -0.2) is 0 Å². The number of nitrogens with one attached hydrogen (secondary N) is 1. The van der Waals surface area contributed by atoms with E-state index in [-0.39, 0.29) is 11.6 Å². The van der Waals surface area contributed by atoms with Crippen molar-refractivity contribution >= 4 is 23.2 Å². The average Bonchev–Trinajstić information content (AvgIpc) is 2.33. The van der Waals surface area contributed by atoms with Crippen LogP contribution in [0.5, 0.6) is 0 Å². The summed E-state index contributed by atoms with van der Waals surface area (Å²) in [6.07, 6.45) is -4.16. The Kier molecular flexibility index (Phi) is 3.21. The van der Waals surface area contributed by atoms with E-state index in [1.165, 1.54) is 23.1 Å². The van der Waals surface area contributed by atoms with Gasteiger partial charge in [0, 0.05) is 24.8 Å². The van der Waals surface area contributed by atoms with Crippen molar-refractivity contribution in [3.05, 3.63) is 23.8 Å². The van der Waals surface area contributed by atoms with Crippen molar-refractivity contribution in [3.63, 3.8) is 0 Å².